The lowest BCUT2D eigenvalue weighted by Crippen LogP contribution is -2.15. The minimum absolute atomic E-state index is 0.388. The molecule has 0 N–H and O–H groups in total. The molecule has 0 aliphatic carbocycles. The SMILES string of the molecule is O=C(Cl)C1CC(c2ccccn2)=NO1. The normalized spacial score (nSPS) is 20.1. The van der Waals surface area contributed by atoms with Crippen LogP contribution < -0.4 is 0 Å². The lowest BCUT2D eigenvalue weighted by Gasteiger charge is -1.99. The molecule has 14 heavy (non-hydrogen) atoms. The predicted octanol–water partition coefficient (Wildman–Crippen LogP) is 1.34. The Bertz CT molecular complexity index is 378. The van der Waals surface area contributed by atoms with Crippen molar-refractivity contribution >= 4 is 22.6 Å². The van der Waals surface area contributed by atoms with Gasteiger partial charge in [-0.15, -0.1) is 0 Å². The second kappa shape index (κ2) is 3.75. The molecule has 1 aromatic rings. The third-order valence-corrected chi connectivity index (χ3v) is 2.13. The average molecular weight is 211 g/mol. The highest BCUT2D eigenvalue weighted by atomic mass is 35.5. The topological polar surface area (TPSA) is 51.5 Å². The Balaban J connectivity index is 2.13. The molecule has 0 saturated heterocycles. The summed E-state index contributed by atoms with van der Waals surface area (Å²) in [6.07, 6.45) is 1.39. The number of carbonyl (C=O) groups excluding carboxylic acids is 1. The van der Waals surface area contributed by atoms with E-state index in [1.165, 1.54) is 0 Å². The summed E-state index contributed by atoms with van der Waals surface area (Å²) in [4.78, 5) is 19.7. The van der Waals surface area contributed by atoms with Crippen LogP contribution in [-0.4, -0.2) is 22.0 Å². The summed E-state index contributed by atoms with van der Waals surface area (Å²) >= 11 is 5.28. The first-order valence-corrected chi connectivity index (χ1v) is 4.48. The monoisotopic (exact) mass is 210 g/mol. The van der Waals surface area contributed by atoms with Crippen molar-refractivity contribution in [2.24, 2.45) is 5.16 Å². The van der Waals surface area contributed by atoms with Crippen LogP contribution in [0.25, 0.3) is 0 Å². The molecule has 0 amide bonds. The zero-order valence-corrected chi connectivity index (χ0v) is 7.94. The number of hydrogen-bond donors (Lipinski definition) is 0. The first-order valence-electron chi connectivity index (χ1n) is 4.11. The quantitative estimate of drug-likeness (QED) is 0.693. The summed E-state index contributed by atoms with van der Waals surface area (Å²) in [5.41, 5.74) is 1.37. The molecule has 1 aliphatic heterocycles. The summed E-state index contributed by atoms with van der Waals surface area (Å²) in [7, 11) is 0. The smallest absolute Gasteiger partial charge is 0.265 e. The maximum atomic E-state index is 10.8. The van der Waals surface area contributed by atoms with Gasteiger partial charge in [-0.25, -0.2) is 0 Å². The molecule has 1 aromatic heterocycles. The number of rotatable bonds is 2. The van der Waals surface area contributed by atoms with Gasteiger partial charge in [-0.2, -0.15) is 0 Å². The van der Waals surface area contributed by atoms with Gasteiger partial charge >= 0.3 is 0 Å². The van der Waals surface area contributed by atoms with Crippen molar-refractivity contribution in [2.45, 2.75) is 12.5 Å². The largest absolute Gasteiger partial charge is 0.382 e. The predicted molar refractivity (Wildman–Crippen MR) is 51.1 cm³/mol. The van der Waals surface area contributed by atoms with E-state index in [-0.39, 0.29) is 0 Å². The number of pyridine rings is 1. The van der Waals surface area contributed by atoms with Gasteiger partial charge in [-0.05, 0) is 23.7 Å². The number of carbonyl (C=O) groups is 1. The van der Waals surface area contributed by atoms with E-state index in [1.54, 1.807) is 6.20 Å². The number of aromatic nitrogens is 1. The average Bonchev–Trinajstić information content (AvgIpc) is 2.68. The van der Waals surface area contributed by atoms with Gasteiger partial charge in [0, 0.05) is 12.6 Å². The van der Waals surface area contributed by atoms with Crippen molar-refractivity contribution in [2.75, 3.05) is 0 Å². The fourth-order valence-electron chi connectivity index (χ4n) is 1.18. The molecule has 0 saturated carbocycles. The highest BCUT2D eigenvalue weighted by molar-refractivity contribution is 6.64. The van der Waals surface area contributed by atoms with Gasteiger partial charge in [-0.1, -0.05) is 11.2 Å². The third kappa shape index (κ3) is 1.75. The molecule has 0 radical (unpaired) electrons. The van der Waals surface area contributed by atoms with E-state index < -0.39 is 11.3 Å². The fourth-order valence-corrected chi connectivity index (χ4v) is 1.30. The summed E-state index contributed by atoms with van der Waals surface area (Å²) < 4.78 is 0. The number of halogens is 1. The van der Waals surface area contributed by atoms with Crippen molar-refractivity contribution < 1.29 is 9.63 Å². The Morgan fingerprint density at radius 2 is 2.43 bits per heavy atom. The van der Waals surface area contributed by atoms with Crippen LogP contribution in [0.3, 0.4) is 0 Å². The molecule has 72 valence electrons. The Kier molecular flexibility index (Phi) is 2.45. The second-order valence-electron chi connectivity index (χ2n) is 2.86. The molecule has 2 heterocycles. The minimum atomic E-state index is -0.659. The highest BCUT2D eigenvalue weighted by Crippen LogP contribution is 2.16. The zero-order chi connectivity index (χ0) is 9.97. The Hall–Kier alpha value is -1.42. The van der Waals surface area contributed by atoms with Crippen LogP contribution >= 0.6 is 11.6 Å². The lowest BCUT2D eigenvalue weighted by atomic mass is 10.1. The van der Waals surface area contributed by atoms with Crippen LogP contribution in [0, 0.1) is 0 Å². The van der Waals surface area contributed by atoms with Crippen molar-refractivity contribution in [3.63, 3.8) is 0 Å². The van der Waals surface area contributed by atoms with Crippen LogP contribution in [0.2, 0.25) is 0 Å². The summed E-state index contributed by atoms with van der Waals surface area (Å²) in [5, 5.41) is 3.23. The summed E-state index contributed by atoms with van der Waals surface area (Å²) in [5.74, 6) is 0. The first kappa shape index (κ1) is 9.15. The van der Waals surface area contributed by atoms with E-state index in [9.17, 15) is 4.79 Å². The van der Waals surface area contributed by atoms with Crippen LogP contribution in [0.1, 0.15) is 12.1 Å². The molecule has 1 unspecified atom stereocenters. The van der Waals surface area contributed by atoms with Crippen molar-refractivity contribution in [1.29, 1.82) is 0 Å². The van der Waals surface area contributed by atoms with Crippen LogP contribution in [0.5, 0.6) is 0 Å². The standard InChI is InChI=1S/C9H7ClN2O2/c10-9(13)8-5-7(12-14-8)6-3-1-2-4-11-6/h1-4,8H,5H2. The third-order valence-electron chi connectivity index (χ3n) is 1.88. The van der Waals surface area contributed by atoms with Gasteiger partial charge < -0.3 is 4.84 Å². The Labute approximate surface area is 85.5 Å². The molecule has 5 heteroatoms. The number of hydrogen-bond acceptors (Lipinski definition) is 4. The van der Waals surface area contributed by atoms with Crippen LogP contribution in [-0.2, 0) is 9.63 Å². The van der Waals surface area contributed by atoms with E-state index >= 15 is 0 Å². The molecular weight excluding hydrogens is 204 g/mol. The van der Waals surface area contributed by atoms with Gasteiger partial charge in [0.05, 0.1) is 5.69 Å². The van der Waals surface area contributed by atoms with Gasteiger partial charge in [0.1, 0.15) is 5.71 Å². The molecule has 1 aliphatic rings. The fraction of sp³-hybridized carbons (Fsp3) is 0.222. The molecule has 1 atom stereocenters. The Morgan fingerprint density at radius 3 is 3.00 bits per heavy atom. The van der Waals surface area contributed by atoms with Gasteiger partial charge in [-0.3, -0.25) is 9.78 Å². The Morgan fingerprint density at radius 1 is 1.57 bits per heavy atom. The lowest BCUT2D eigenvalue weighted by molar-refractivity contribution is -0.120. The minimum Gasteiger partial charge on any atom is -0.382 e. The molecular formula is C9H7ClN2O2. The maximum absolute atomic E-state index is 10.8. The molecule has 0 spiro atoms. The molecule has 4 nitrogen and oxygen atoms in total. The number of oxime groups is 1. The molecule has 0 fully saturated rings. The van der Waals surface area contributed by atoms with E-state index in [2.05, 4.69) is 10.1 Å². The number of nitrogens with zero attached hydrogens (tertiary/aromatic N) is 2. The van der Waals surface area contributed by atoms with Crippen LogP contribution in [0.15, 0.2) is 29.6 Å². The molecule has 0 aromatic carbocycles. The van der Waals surface area contributed by atoms with E-state index in [1.807, 2.05) is 18.2 Å². The summed E-state index contributed by atoms with van der Waals surface area (Å²) in [6.45, 7) is 0. The molecule has 2 rings (SSSR count). The second-order valence-corrected chi connectivity index (χ2v) is 3.23. The van der Waals surface area contributed by atoms with Crippen LogP contribution in [0.4, 0.5) is 0 Å². The van der Waals surface area contributed by atoms with Crippen molar-refractivity contribution in [1.82, 2.24) is 4.98 Å². The first-order chi connectivity index (χ1) is 6.77. The maximum Gasteiger partial charge on any atom is 0.265 e. The molecule has 0 bridgehead atoms. The van der Waals surface area contributed by atoms with Crippen molar-refractivity contribution in [3.8, 4) is 0 Å². The van der Waals surface area contributed by atoms with Gasteiger partial charge in [0.25, 0.3) is 5.24 Å². The summed E-state index contributed by atoms with van der Waals surface area (Å²) in [6, 6.07) is 5.47. The van der Waals surface area contributed by atoms with Crippen molar-refractivity contribution in [3.05, 3.63) is 30.1 Å². The van der Waals surface area contributed by atoms with E-state index in [0.717, 1.165) is 0 Å². The highest BCUT2D eigenvalue weighted by Gasteiger charge is 2.27. The van der Waals surface area contributed by atoms with Gasteiger partial charge in [0.2, 0.25) is 6.10 Å². The zero-order valence-electron chi connectivity index (χ0n) is 7.18. The van der Waals surface area contributed by atoms with E-state index in [4.69, 9.17) is 16.4 Å². The van der Waals surface area contributed by atoms with E-state index in [0.29, 0.717) is 17.8 Å². The van der Waals surface area contributed by atoms with Gasteiger partial charge in [0.15, 0.2) is 0 Å².